The van der Waals surface area contributed by atoms with Crippen LogP contribution < -0.4 is 10.9 Å². The molecule has 2 aromatic heterocycles. The summed E-state index contributed by atoms with van der Waals surface area (Å²) in [7, 11) is 0. The van der Waals surface area contributed by atoms with Gasteiger partial charge < -0.3 is 9.73 Å². The maximum atomic E-state index is 12.3. The molecule has 0 aliphatic carbocycles. The van der Waals surface area contributed by atoms with Gasteiger partial charge in [-0.25, -0.2) is 14.8 Å². The quantitative estimate of drug-likeness (QED) is 0.545. The first-order chi connectivity index (χ1) is 13.7. The number of benzene rings is 2. The minimum atomic E-state index is -0.647. The highest BCUT2D eigenvalue weighted by molar-refractivity contribution is 5.96. The monoisotopic (exact) mass is 371 g/mol. The molecule has 28 heavy (non-hydrogen) atoms. The predicted octanol–water partition coefficient (Wildman–Crippen LogP) is 3.22. The second-order valence-corrected chi connectivity index (χ2v) is 6.27. The number of hydrogen-bond acceptors (Lipinski definition) is 5. The first kappa shape index (κ1) is 17.6. The van der Waals surface area contributed by atoms with Crippen LogP contribution in [-0.4, -0.2) is 22.4 Å². The zero-order valence-corrected chi connectivity index (χ0v) is 15.0. The minimum Gasteiger partial charge on any atom is -0.422 e. The number of para-hydroxylation sites is 1. The molecule has 4 rings (SSSR count). The largest absolute Gasteiger partial charge is 0.422 e. The van der Waals surface area contributed by atoms with E-state index in [0.717, 1.165) is 11.1 Å². The predicted molar refractivity (Wildman–Crippen MR) is 106 cm³/mol. The summed E-state index contributed by atoms with van der Waals surface area (Å²) in [6.07, 6.45) is 4.04. The minimum absolute atomic E-state index is 0.00521. The first-order valence-corrected chi connectivity index (χ1v) is 8.88. The lowest BCUT2D eigenvalue weighted by Gasteiger charge is -2.06. The Kier molecular flexibility index (Phi) is 4.93. The molecular weight excluding hydrogens is 354 g/mol. The molecule has 2 aromatic carbocycles. The number of nitrogens with zero attached hydrogens (tertiary/aromatic N) is 2. The van der Waals surface area contributed by atoms with Crippen LogP contribution in [0.1, 0.15) is 15.9 Å². The molecule has 6 nitrogen and oxygen atoms in total. The molecule has 6 heteroatoms. The lowest BCUT2D eigenvalue weighted by atomic mass is 10.1. The van der Waals surface area contributed by atoms with E-state index in [4.69, 9.17) is 4.42 Å². The summed E-state index contributed by atoms with van der Waals surface area (Å²) in [6, 6.07) is 18.3. The third-order valence-electron chi connectivity index (χ3n) is 4.32. The van der Waals surface area contributed by atoms with E-state index in [1.54, 1.807) is 36.7 Å². The zero-order chi connectivity index (χ0) is 19.3. The van der Waals surface area contributed by atoms with Gasteiger partial charge in [0.2, 0.25) is 0 Å². The Morgan fingerprint density at radius 2 is 1.68 bits per heavy atom. The normalized spacial score (nSPS) is 10.7. The van der Waals surface area contributed by atoms with Crippen molar-refractivity contribution < 1.29 is 9.21 Å². The maximum absolute atomic E-state index is 12.3. The van der Waals surface area contributed by atoms with Crippen molar-refractivity contribution in [1.29, 1.82) is 0 Å². The van der Waals surface area contributed by atoms with Gasteiger partial charge in [0, 0.05) is 29.9 Å². The van der Waals surface area contributed by atoms with E-state index >= 15 is 0 Å². The molecule has 0 saturated heterocycles. The van der Waals surface area contributed by atoms with Crippen LogP contribution in [0.3, 0.4) is 0 Å². The molecule has 1 amide bonds. The third-order valence-corrected chi connectivity index (χ3v) is 4.32. The fourth-order valence-corrected chi connectivity index (χ4v) is 2.86. The summed E-state index contributed by atoms with van der Waals surface area (Å²) in [5, 5.41) is 3.45. The highest BCUT2D eigenvalue weighted by Crippen LogP contribution is 2.14. The second kappa shape index (κ2) is 7.84. The summed E-state index contributed by atoms with van der Waals surface area (Å²) in [5.41, 5.74) is 1.65. The molecule has 0 fully saturated rings. The number of carbonyl (C=O) groups is 1. The average molecular weight is 371 g/mol. The van der Waals surface area contributed by atoms with Gasteiger partial charge in [-0.05, 0) is 24.1 Å². The van der Waals surface area contributed by atoms with Crippen LogP contribution in [0.15, 0.2) is 82.3 Å². The van der Waals surface area contributed by atoms with Crippen molar-refractivity contribution in [2.24, 2.45) is 0 Å². The average Bonchev–Trinajstić information content (AvgIpc) is 2.74. The van der Waals surface area contributed by atoms with Gasteiger partial charge in [-0.15, -0.1) is 0 Å². The number of aromatic nitrogens is 2. The van der Waals surface area contributed by atoms with E-state index < -0.39 is 11.5 Å². The summed E-state index contributed by atoms with van der Waals surface area (Å²) < 4.78 is 5.20. The van der Waals surface area contributed by atoms with Gasteiger partial charge in [-0.2, -0.15) is 0 Å². The van der Waals surface area contributed by atoms with E-state index in [2.05, 4.69) is 15.3 Å². The lowest BCUT2D eigenvalue weighted by Crippen LogP contribution is -2.29. The molecule has 0 bridgehead atoms. The molecule has 0 saturated carbocycles. The number of fused-ring (bicyclic) bond motifs is 1. The number of rotatable bonds is 5. The second-order valence-electron chi connectivity index (χ2n) is 6.27. The maximum Gasteiger partial charge on any atom is 0.349 e. The van der Waals surface area contributed by atoms with E-state index in [-0.39, 0.29) is 5.56 Å². The van der Waals surface area contributed by atoms with E-state index in [9.17, 15) is 9.59 Å². The van der Waals surface area contributed by atoms with Crippen molar-refractivity contribution >= 4 is 16.9 Å². The Morgan fingerprint density at radius 1 is 0.964 bits per heavy atom. The van der Waals surface area contributed by atoms with Gasteiger partial charge in [-0.3, -0.25) is 4.79 Å². The van der Waals surface area contributed by atoms with Crippen LogP contribution >= 0.6 is 0 Å². The fraction of sp³-hybridized carbons (Fsp3) is 0.0909. The van der Waals surface area contributed by atoms with Crippen LogP contribution in [0.4, 0.5) is 0 Å². The Balaban J connectivity index is 1.39. The Labute approximate surface area is 160 Å². The third kappa shape index (κ3) is 3.81. The van der Waals surface area contributed by atoms with Crippen molar-refractivity contribution in [3.05, 3.63) is 94.6 Å². The van der Waals surface area contributed by atoms with E-state index in [1.165, 1.54) is 0 Å². The molecule has 0 atom stereocenters. The number of amides is 1. The SMILES string of the molecule is O=C(NCCc1cnc(-c2ccccc2)nc1)c1cc2ccccc2oc1=O. The van der Waals surface area contributed by atoms with Gasteiger partial charge in [0.15, 0.2) is 5.82 Å². The molecule has 0 aliphatic heterocycles. The number of carbonyl (C=O) groups excluding carboxylic acids is 1. The van der Waals surface area contributed by atoms with Crippen LogP contribution in [0, 0.1) is 0 Å². The molecule has 4 aromatic rings. The smallest absolute Gasteiger partial charge is 0.349 e. The standard InChI is InChI=1S/C22H17N3O3/c26-21(18-12-17-8-4-5-9-19(17)28-22(18)27)23-11-10-15-13-24-20(25-14-15)16-6-2-1-3-7-16/h1-9,12-14H,10-11H2,(H,23,26). The molecule has 0 spiro atoms. The summed E-state index contributed by atoms with van der Waals surface area (Å²) in [4.78, 5) is 33.1. The Hall–Kier alpha value is -3.80. The van der Waals surface area contributed by atoms with Crippen LogP contribution in [0.5, 0.6) is 0 Å². The fourth-order valence-electron chi connectivity index (χ4n) is 2.86. The molecular formula is C22H17N3O3. The van der Waals surface area contributed by atoms with Crippen LogP contribution in [0.25, 0.3) is 22.4 Å². The van der Waals surface area contributed by atoms with E-state index in [0.29, 0.717) is 29.8 Å². The van der Waals surface area contributed by atoms with Crippen molar-refractivity contribution in [2.45, 2.75) is 6.42 Å². The first-order valence-electron chi connectivity index (χ1n) is 8.88. The number of nitrogens with one attached hydrogen (secondary N) is 1. The molecule has 1 N–H and O–H groups in total. The van der Waals surface area contributed by atoms with Crippen molar-refractivity contribution in [3.8, 4) is 11.4 Å². The summed E-state index contributed by atoms with van der Waals surface area (Å²) >= 11 is 0. The lowest BCUT2D eigenvalue weighted by molar-refractivity contribution is 0.0950. The molecule has 138 valence electrons. The van der Waals surface area contributed by atoms with Crippen LogP contribution in [-0.2, 0) is 6.42 Å². The Morgan fingerprint density at radius 3 is 2.46 bits per heavy atom. The highest BCUT2D eigenvalue weighted by atomic mass is 16.4. The number of hydrogen-bond donors (Lipinski definition) is 1. The summed E-state index contributed by atoms with van der Waals surface area (Å²) in [6.45, 7) is 0.360. The molecule has 0 radical (unpaired) electrons. The van der Waals surface area contributed by atoms with Gasteiger partial charge in [-0.1, -0.05) is 48.5 Å². The van der Waals surface area contributed by atoms with Crippen LogP contribution in [0.2, 0.25) is 0 Å². The molecule has 0 unspecified atom stereocenters. The molecule has 2 heterocycles. The Bertz CT molecular complexity index is 1170. The topological polar surface area (TPSA) is 85.1 Å². The zero-order valence-electron chi connectivity index (χ0n) is 15.0. The van der Waals surface area contributed by atoms with Gasteiger partial charge >= 0.3 is 5.63 Å². The van der Waals surface area contributed by atoms with Crippen molar-refractivity contribution in [1.82, 2.24) is 15.3 Å². The van der Waals surface area contributed by atoms with Gasteiger partial charge in [0.05, 0.1) is 0 Å². The van der Waals surface area contributed by atoms with Crippen molar-refractivity contribution in [3.63, 3.8) is 0 Å². The van der Waals surface area contributed by atoms with Gasteiger partial charge in [0.1, 0.15) is 11.1 Å². The van der Waals surface area contributed by atoms with Gasteiger partial charge in [0.25, 0.3) is 5.91 Å². The van der Waals surface area contributed by atoms with Crippen molar-refractivity contribution in [2.75, 3.05) is 6.54 Å². The van der Waals surface area contributed by atoms with E-state index in [1.807, 2.05) is 36.4 Å². The molecule has 0 aliphatic rings. The summed E-state index contributed by atoms with van der Waals surface area (Å²) in [5.74, 6) is 0.198. The highest BCUT2D eigenvalue weighted by Gasteiger charge is 2.13.